The molecule has 7 heteroatoms. The number of benzene rings is 1. The standard InChI is InChI=1S/C18H23N5O2/c1-14-13-16(17(24)21-15-5-3-2-4-6-15)22-18(20-14)19-7-8-23-9-11-25-12-10-23/h2-6,13H,7-12H2,1H3,(H,21,24)(H,19,20,22). The van der Waals surface area contributed by atoms with Crippen molar-refractivity contribution in [1.82, 2.24) is 14.9 Å². The minimum absolute atomic E-state index is 0.243. The Morgan fingerprint density at radius 2 is 1.96 bits per heavy atom. The fourth-order valence-electron chi connectivity index (χ4n) is 2.63. The minimum atomic E-state index is -0.243. The van der Waals surface area contributed by atoms with Crippen LogP contribution in [-0.2, 0) is 4.74 Å². The van der Waals surface area contributed by atoms with Crippen LogP contribution in [0.25, 0.3) is 0 Å². The summed E-state index contributed by atoms with van der Waals surface area (Å²) in [4.78, 5) is 23.4. The lowest BCUT2D eigenvalue weighted by molar-refractivity contribution is 0.0398. The number of hydrogen-bond donors (Lipinski definition) is 2. The molecule has 1 amide bonds. The average molecular weight is 341 g/mol. The third kappa shape index (κ3) is 5.23. The molecule has 2 heterocycles. The Kier molecular flexibility index (Phi) is 5.92. The van der Waals surface area contributed by atoms with Gasteiger partial charge in [0.1, 0.15) is 5.69 Å². The van der Waals surface area contributed by atoms with Gasteiger partial charge in [-0.15, -0.1) is 0 Å². The van der Waals surface area contributed by atoms with Gasteiger partial charge in [0.25, 0.3) is 5.91 Å². The summed E-state index contributed by atoms with van der Waals surface area (Å²) in [6.07, 6.45) is 0. The molecule has 0 atom stereocenters. The number of aryl methyl sites for hydroxylation is 1. The summed E-state index contributed by atoms with van der Waals surface area (Å²) in [6, 6.07) is 11.0. The normalized spacial score (nSPS) is 14.9. The van der Waals surface area contributed by atoms with E-state index >= 15 is 0 Å². The molecule has 1 aliphatic heterocycles. The molecule has 0 spiro atoms. The SMILES string of the molecule is Cc1cc(C(=O)Nc2ccccc2)nc(NCCN2CCOCC2)n1. The van der Waals surface area contributed by atoms with Gasteiger partial charge < -0.3 is 15.4 Å². The lowest BCUT2D eigenvalue weighted by Crippen LogP contribution is -2.39. The number of aromatic nitrogens is 2. The highest BCUT2D eigenvalue weighted by Gasteiger charge is 2.12. The number of nitrogens with one attached hydrogen (secondary N) is 2. The van der Waals surface area contributed by atoms with Gasteiger partial charge in [0, 0.05) is 37.6 Å². The topological polar surface area (TPSA) is 79.4 Å². The number of morpholine rings is 1. The molecule has 2 N–H and O–H groups in total. The molecule has 2 aromatic rings. The van der Waals surface area contributed by atoms with Crippen molar-refractivity contribution < 1.29 is 9.53 Å². The van der Waals surface area contributed by atoms with Crippen molar-refractivity contribution in [2.45, 2.75) is 6.92 Å². The number of carbonyl (C=O) groups excluding carboxylic acids is 1. The molecule has 3 rings (SSSR count). The average Bonchev–Trinajstić information content (AvgIpc) is 2.63. The van der Waals surface area contributed by atoms with Crippen molar-refractivity contribution >= 4 is 17.5 Å². The van der Waals surface area contributed by atoms with Gasteiger partial charge in [0.15, 0.2) is 0 Å². The van der Waals surface area contributed by atoms with Gasteiger partial charge in [-0.1, -0.05) is 18.2 Å². The first-order chi connectivity index (χ1) is 12.2. The van der Waals surface area contributed by atoms with Crippen LogP contribution in [0.1, 0.15) is 16.2 Å². The number of carbonyl (C=O) groups is 1. The highest BCUT2D eigenvalue weighted by molar-refractivity contribution is 6.03. The summed E-state index contributed by atoms with van der Waals surface area (Å²) in [5, 5.41) is 6.05. The maximum absolute atomic E-state index is 12.4. The van der Waals surface area contributed by atoms with Crippen LogP contribution in [0.2, 0.25) is 0 Å². The zero-order chi connectivity index (χ0) is 17.5. The third-order valence-corrected chi connectivity index (χ3v) is 3.93. The number of anilines is 2. The summed E-state index contributed by atoms with van der Waals surface area (Å²) in [5.74, 6) is 0.236. The maximum Gasteiger partial charge on any atom is 0.274 e. The van der Waals surface area contributed by atoms with Crippen LogP contribution in [0.4, 0.5) is 11.6 Å². The Hall–Kier alpha value is -2.51. The molecule has 1 aromatic heterocycles. The second-order valence-corrected chi connectivity index (χ2v) is 5.92. The first-order valence-electron chi connectivity index (χ1n) is 8.47. The highest BCUT2D eigenvalue weighted by Crippen LogP contribution is 2.10. The summed E-state index contributed by atoms with van der Waals surface area (Å²) in [6.45, 7) is 6.93. The van der Waals surface area contributed by atoms with Gasteiger partial charge in [0.05, 0.1) is 13.2 Å². The Bertz CT molecular complexity index is 702. The zero-order valence-electron chi connectivity index (χ0n) is 14.4. The third-order valence-electron chi connectivity index (χ3n) is 3.93. The fraction of sp³-hybridized carbons (Fsp3) is 0.389. The molecule has 0 radical (unpaired) electrons. The van der Waals surface area contributed by atoms with Crippen molar-refractivity contribution in [3.05, 3.63) is 47.8 Å². The van der Waals surface area contributed by atoms with Crippen molar-refractivity contribution in [2.75, 3.05) is 50.0 Å². The van der Waals surface area contributed by atoms with Crippen LogP contribution in [0.15, 0.2) is 36.4 Å². The maximum atomic E-state index is 12.4. The van der Waals surface area contributed by atoms with Gasteiger partial charge in [-0.25, -0.2) is 9.97 Å². The number of amides is 1. The van der Waals surface area contributed by atoms with E-state index in [0.717, 1.165) is 50.8 Å². The van der Waals surface area contributed by atoms with Crippen molar-refractivity contribution in [3.8, 4) is 0 Å². The van der Waals surface area contributed by atoms with E-state index in [1.54, 1.807) is 6.07 Å². The molecule has 1 saturated heterocycles. The molecule has 7 nitrogen and oxygen atoms in total. The molecule has 132 valence electrons. The molecule has 1 aromatic carbocycles. The van der Waals surface area contributed by atoms with E-state index in [9.17, 15) is 4.79 Å². The molecule has 25 heavy (non-hydrogen) atoms. The van der Waals surface area contributed by atoms with Crippen LogP contribution in [0.3, 0.4) is 0 Å². The van der Waals surface area contributed by atoms with E-state index in [4.69, 9.17) is 4.74 Å². The van der Waals surface area contributed by atoms with Crippen molar-refractivity contribution in [2.24, 2.45) is 0 Å². The Balaban J connectivity index is 1.58. The van der Waals surface area contributed by atoms with E-state index in [2.05, 4.69) is 25.5 Å². The summed E-state index contributed by atoms with van der Waals surface area (Å²) >= 11 is 0. The molecular formula is C18H23N5O2. The molecule has 1 fully saturated rings. The fourth-order valence-corrected chi connectivity index (χ4v) is 2.63. The number of hydrogen-bond acceptors (Lipinski definition) is 6. The predicted molar refractivity (Wildman–Crippen MR) is 96.9 cm³/mol. The van der Waals surface area contributed by atoms with Gasteiger partial charge >= 0.3 is 0 Å². The van der Waals surface area contributed by atoms with Crippen LogP contribution in [0, 0.1) is 6.92 Å². The Morgan fingerprint density at radius 3 is 2.72 bits per heavy atom. The van der Waals surface area contributed by atoms with Crippen LogP contribution >= 0.6 is 0 Å². The van der Waals surface area contributed by atoms with Crippen LogP contribution in [0.5, 0.6) is 0 Å². The molecule has 1 aliphatic rings. The monoisotopic (exact) mass is 341 g/mol. The summed E-state index contributed by atoms with van der Waals surface area (Å²) in [7, 11) is 0. The van der Waals surface area contributed by atoms with E-state index in [1.807, 2.05) is 37.3 Å². The number of para-hydroxylation sites is 1. The predicted octanol–water partition coefficient (Wildman–Crippen LogP) is 1.78. The minimum Gasteiger partial charge on any atom is -0.379 e. The Morgan fingerprint density at radius 1 is 1.20 bits per heavy atom. The molecule has 0 bridgehead atoms. The first kappa shape index (κ1) is 17.3. The van der Waals surface area contributed by atoms with E-state index in [0.29, 0.717) is 11.6 Å². The largest absolute Gasteiger partial charge is 0.379 e. The summed E-state index contributed by atoms with van der Waals surface area (Å²) in [5.41, 5.74) is 1.85. The van der Waals surface area contributed by atoms with Gasteiger partial charge in [-0.3, -0.25) is 9.69 Å². The number of rotatable bonds is 6. The smallest absolute Gasteiger partial charge is 0.274 e. The quantitative estimate of drug-likeness (QED) is 0.834. The lowest BCUT2D eigenvalue weighted by atomic mass is 10.3. The van der Waals surface area contributed by atoms with Crippen molar-refractivity contribution in [1.29, 1.82) is 0 Å². The van der Waals surface area contributed by atoms with Crippen LogP contribution < -0.4 is 10.6 Å². The lowest BCUT2D eigenvalue weighted by Gasteiger charge is -2.26. The van der Waals surface area contributed by atoms with E-state index in [-0.39, 0.29) is 5.91 Å². The van der Waals surface area contributed by atoms with E-state index in [1.165, 1.54) is 0 Å². The molecule has 0 aliphatic carbocycles. The Labute approximate surface area is 147 Å². The molecular weight excluding hydrogens is 318 g/mol. The second-order valence-electron chi connectivity index (χ2n) is 5.92. The highest BCUT2D eigenvalue weighted by atomic mass is 16.5. The number of nitrogens with zero attached hydrogens (tertiary/aromatic N) is 3. The number of ether oxygens (including phenoxy) is 1. The van der Waals surface area contributed by atoms with Gasteiger partial charge in [-0.05, 0) is 25.1 Å². The van der Waals surface area contributed by atoms with Crippen LogP contribution in [-0.4, -0.2) is 60.2 Å². The van der Waals surface area contributed by atoms with Gasteiger partial charge in [0.2, 0.25) is 5.95 Å². The van der Waals surface area contributed by atoms with Gasteiger partial charge in [-0.2, -0.15) is 0 Å². The molecule has 0 saturated carbocycles. The van der Waals surface area contributed by atoms with Crippen molar-refractivity contribution in [3.63, 3.8) is 0 Å². The first-order valence-corrected chi connectivity index (χ1v) is 8.47. The second kappa shape index (κ2) is 8.55. The summed E-state index contributed by atoms with van der Waals surface area (Å²) < 4.78 is 5.34. The van der Waals surface area contributed by atoms with E-state index < -0.39 is 0 Å². The zero-order valence-corrected chi connectivity index (χ0v) is 14.4. The molecule has 0 unspecified atom stereocenters.